The first-order chi connectivity index (χ1) is 17.5. The summed E-state index contributed by atoms with van der Waals surface area (Å²) in [6.07, 6.45) is 6.64. The van der Waals surface area contributed by atoms with Crippen LogP contribution in [0, 0.1) is 0 Å². The Morgan fingerprint density at radius 1 is 0.528 bits per heavy atom. The monoisotopic (exact) mass is 518 g/mol. The predicted molar refractivity (Wildman–Crippen MR) is 134 cm³/mol. The van der Waals surface area contributed by atoms with E-state index in [1.807, 2.05) is 6.92 Å². The molecule has 0 atom stereocenters. The number of amides is 2. The quantitative estimate of drug-likeness (QED) is 0.117. The number of alkyl carbamates (subject to hydrolysis) is 2. The van der Waals surface area contributed by atoms with E-state index in [1.165, 1.54) is 0 Å². The normalized spacial score (nSPS) is 10.4. The summed E-state index contributed by atoms with van der Waals surface area (Å²) in [5.41, 5.74) is 0. The molecule has 210 valence electrons. The summed E-state index contributed by atoms with van der Waals surface area (Å²) in [5.74, 6) is -0.821. The van der Waals surface area contributed by atoms with Crippen LogP contribution in [0.1, 0.15) is 84.5 Å². The largest absolute Gasteiger partial charge is 0.466 e. The van der Waals surface area contributed by atoms with Gasteiger partial charge in [-0.15, -0.1) is 0 Å². The van der Waals surface area contributed by atoms with E-state index in [2.05, 4.69) is 17.6 Å². The number of hydrogen-bond acceptors (Lipinski definition) is 9. The third-order valence-electron chi connectivity index (χ3n) is 4.89. The number of carbonyl (C=O) groups excluding carboxylic acids is 4. The molecule has 0 aromatic rings. The van der Waals surface area contributed by atoms with Gasteiger partial charge in [0, 0.05) is 19.7 Å². The minimum Gasteiger partial charge on any atom is -0.466 e. The van der Waals surface area contributed by atoms with Gasteiger partial charge in [0.2, 0.25) is 0 Å². The average Bonchev–Trinajstić information content (AvgIpc) is 2.86. The zero-order chi connectivity index (χ0) is 26.7. The Labute approximate surface area is 215 Å². The van der Waals surface area contributed by atoms with Crippen molar-refractivity contribution in [3.8, 4) is 0 Å². The van der Waals surface area contributed by atoms with Crippen molar-refractivity contribution in [1.29, 1.82) is 0 Å². The van der Waals surface area contributed by atoms with Crippen LogP contribution in [0.2, 0.25) is 0 Å². The van der Waals surface area contributed by atoms with Gasteiger partial charge in [0.15, 0.2) is 0 Å². The maximum atomic E-state index is 11.6. The molecule has 0 fully saturated rings. The number of unbranched alkanes of at least 4 members (excludes halogenated alkanes) is 6. The lowest BCUT2D eigenvalue weighted by Crippen LogP contribution is -2.27. The molecule has 11 nitrogen and oxygen atoms in total. The Morgan fingerprint density at radius 2 is 1.00 bits per heavy atom. The standard InChI is InChI=1S/C25H46N2O9/c1-3-5-10-17-33-22(28)13-14-23(29)34-18-11-12-19-35-24(30)26-15-8-6-7-9-16-27-25(31)36-21-20-32-4-2/h3-21H2,1-2H3,(H,26,30)(H,27,31). The minimum absolute atomic E-state index is 0.00350. The summed E-state index contributed by atoms with van der Waals surface area (Å²) in [5, 5.41) is 5.37. The molecular formula is C25H46N2O9. The average molecular weight is 519 g/mol. The van der Waals surface area contributed by atoms with Gasteiger partial charge in [-0.05, 0) is 39.0 Å². The molecule has 11 heteroatoms. The zero-order valence-electron chi connectivity index (χ0n) is 22.1. The van der Waals surface area contributed by atoms with E-state index >= 15 is 0 Å². The van der Waals surface area contributed by atoms with E-state index in [1.54, 1.807) is 0 Å². The first kappa shape index (κ1) is 33.4. The molecular weight excluding hydrogens is 472 g/mol. The second-order valence-electron chi connectivity index (χ2n) is 8.09. The molecule has 0 radical (unpaired) electrons. The summed E-state index contributed by atoms with van der Waals surface area (Å²) in [6, 6.07) is 0. The van der Waals surface area contributed by atoms with Gasteiger partial charge in [0.05, 0.1) is 39.3 Å². The second-order valence-corrected chi connectivity index (χ2v) is 8.09. The van der Waals surface area contributed by atoms with Crippen LogP contribution in [0.15, 0.2) is 0 Å². The van der Waals surface area contributed by atoms with E-state index in [0.717, 1.165) is 44.9 Å². The first-order valence-electron chi connectivity index (χ1n) is 13.2. The molecule has 0 saturated carbocycles. The zero-order valence-corrected chi connectivity index (χ0v) is 22.1. The molecule has 0 aromatic carbocycles. The van der Waals surface area contributed by atoms with Crippen molar-refractivity contribution in [3.63, 3.8) is 0 Å². The Bertz CT molecular complexity index is 588. The maximum Gasteiger partial charge on any atom is 0.407 e. The van der Waals surface area contributed by atoms with Crippen molar-refractivity contribution in [3.05, 3.63) is 0 Å². The Balaban J connectivity index is 3.42. The maximum absolute atomic E-state index is 11.6. The van der Waals surface area contributed by atoms with Crippen LogP contribution in [-0.4, -0.2) is 76.9 Å². The van der Waals surface area contributed by atoms with Gasteiger partial charge >= 0.3 is 24.1 Å². The van der Waals surface area contributed by atoms with E-state index in [-0.39, 0.29) is 38.6 Å². The minimum atomic E-state index is -0.471. The third kappa shape index (κ3) is 24.6. The predicted octanol–water partition coefficient (Wildman–Crippen LogP) is 3.87. The van der Waals surface area contributed by atoms with Crippen LogP contribution in [-0.2, 0) is 33.3 Å². The topological polar surface area (TPSA) is 138 Å². The highest BCUT2D eigenvalue weighted by molar-refractivity contribution is 5.77. The van der Waals surface area contributed by atoms with Crippen LogP contribution in [0.4, 0.5) is 9.59 Å². The van der Waals surface area contributed by atoms with Gasteiger partial charge in [-0.25, -0.2) is 9.59 Å². The molecule has 0 bridgehead atoms. The van der Waals surface area contributed by atoms with Crippen LogP contribution in [0.3, 0.4) is 0 Å². The Kier molecular flexibility index (Phi) is 23.7. The number of rotatable bonds is 23. The van der Waals surface area contributed by atoms with Crippen molar-refractivity contribution in [2.75, 3.05) is 52.7 Å². The fourth-order valence-corrected chi connectivity index (χ4v) is 2.87. The number of nitrogens with one attached hydrogen (secondary N) is 2. The molecule has 2 amide bonds. The Hall–Kier alpha value is -2.56. The fourth-order valence-electron chi connectivity index (χ4n) is 2.87. The van der Waals surface area contributed by atoms with Gasteiger partial charge in [-0.2, -0.15) is 0 Å². The van der Waals surface area contributed by atoms with Crippen molar-refractivity contribution in [2.45, 2.75) is 84.5 Å². The van der Waals surface area contributed by atoms with Crippen LogP contribution < -0.4 is 10.6 Å². The lowest BCUT2D eigenvalue weighted by Gasteiger charge is -2.08. The van der Waals surface area contributed by atoms with Crippen LogP contribution in [0.25, 0.3) is 0 Å². The number of ether oxygens (including phenoxy) is 5. The van der Waals surface area contributed by atoms with Crippen molar-refractivity contribution in [2.24, 2.45) is 0 Å². The summed E-state index contributed by atoms with van der Waals surface area (Å²) in [4.78, 5) is 46.2. The lowest BCUT2D eigenvalue weighted by molar-refractivity contribution is -0.150. The molecule has 0 aliphatic heterocycles. The molecule has 0 unspecified atom stereocenters. The molecule has 2 N–H and O–H groups in total. The second kappa shape index (κ2) is 25.5. The molecule has 0 aliphatic rings. The SMILES string of the molecule is CCCCCOC(=O)CCC(=O)OCCCCOC(=O)NCCCCCCNC(=O)OCCOCC. The smallest absolute Gasteiger partial charge is 0.407 e. The third-order valence-corrected chi connectivity index (χ3v) is 4.89. The van der Waals surface area contributed by atoms with Crippen molar-refractivity contribution in [1.82, 2.24) is 10.6 Å². The highest BCUT2D eigenvalue weighted by Crippen LogP contribution is 2.01. The number of carbonyl (C=O) groups is 4. The summed E-state index contributed by atoms with van der Waals surface area (Å²) >= 11 is 0. The Morgan fingerprint density at radius 3 is 1.50 bits per heavy atom. The van der Waals surface area contributed by atoms with Gasteiger partial charge in [-0.3, -0.25) is 9.59 Å². The lowest BCUT2D eigenvalue weighted by atomic mass is 10.2. The fraction of sp³-hybridized carbons (Fsp3) is 0.840. The molecule has 0 saturated heterocycles. The molecule has 0 heterocycles. The molecule has 0 rings (SSSR count). The van der Waals surface area contributed by atoms with Gasteiger partial charge in [0.1, 0.15) is 6.61 Å². The van der Waals surface area contributed by atoms with Crippen molar-refractivity contribution >= 4 is 24.1 Å². The van der Waals surface area contributed by atoms with Gasteiger partial charge < -0.3 is 34.3 Å². The van der Waals surface area contributed by atoms with E-state index in [4.69, 9.17) is 23.7 Å². The van der Waals surface area contributed by atoms with E-state index in [9.17, 15) is 19.2 Å². The number of hydrogen-bond donors (Lipinski definition) is 2. The van der Waals surface area contributed by atoms with E-state index in [0.29, 0.717) is 45.8 Å². The highest BCUT2D eigenvalue weighted by atomic mass is 16.6. The summed E-state index contributed by atoms with van der Waals surface area (Å²) < 4.78 is 25.2. The molecule has 0 aliphatic carbocycles. The van der Waals surface area contributed by atoms with Crippen LogP contribution in [0.5, 0.6) is 0 Å². The highest BCUT2D eigenvalue weighted by Gasteiger charge is 2.09. The van der Waals surface area contributed by atoms with Gasteiger partial charge in [-0.1, -0.05) is 32.6 Å². The summed E-state index contributed by atoms with van der Waals surface area (Å²) in [6.45, 7) is 7.09. The van der Waals surface area contributed by atoms with Crippen molar-refractivity contribution < 1.29 is 42.9 Å². The van der Waals surface area contributed by atoms with E-state index < -0.39 is 18.2 Å². The summed E-state index contributed by atoms with van der Waals surface area (Å²) in [7, 11) is 0. The number of esters is 2. The first-order valence-corrected chi connectivity index (χ1v) is 13.2. The molecule has 36 heavy (non-hydrogen) atoms. The molecule has 0 spiro atoms. The van der Waals surface area contributed by atoms with Crippen LogP contribution >= 0.6 is 0 Å². The molecule has 0 aromatic heterocycles. The van der Waals surface area contributed by atoms with Gasteiger partial charge in [0.25, 0.3) is 0 Å².